The number of rotatable bonds is 3. The molecule has 0 atom stereocenters. The Morgan fingerprint density at radius 1 is 1.71 bits per heavy atom. The molecule has 0 fully saturated rings. The molecule has 0 aromatic heterocycles. The normalized spacial score (nSPS) is 6.43. The van der Waals surface area contributed by atoms with Crippen LogP contribution >= 0.6 is 0 Å². The van der Waals surface area contributed by atoms with Gasteiger partial charge < -0.3 is 5.11 Å². The molecule has 0 saturated heterocycles. The van der Waals surface area contributed by atoms with Gasteiger partial charge in [-0.3, -0.25) is 0 Å². The van der Waals surface area contributed by atoms with Crippen LogP contribution in [-0.2, 0) is 16.5 Å². The van der Waals surface area contributed by atoms with Gasteiger partial charge in [-0.2, -0.15) is 0 Å². The molecule has 0 saturated carbocycles. The minimum Gasteiger partial charge on any atom is -0.398 e. The smallest absolute Gasteiger partial charge is 0.0313 e. The Kier molecular flexibility index (Phi) is 13.6. The van der Waals surface area contributed by atoms with Gasteiger partial charge in [-0.15, -0.1) is 0 Å². The van der Waals surface area contributed by atoms with E-state index in [0.717, 1.165) is 6.42 Å². The second kappa shape index (κ2) is 9.42. The van der Waals surface area contributed by atoms with E-state index in [2.05, 4.69) is 6.58 Å². The topological polar surface area (TPSA) is 20.2 Å². The molecule has 0 rings (SSSR count). The van der Waals surface area contributed by atoms with Crippen molar-refractivity contribution in [2.24, 2.45) is 0 Å². The van der Waals surface area contributed by atoms with Crippen LogP contribution in [0.2, 0.25) is 0 Å². The second-order valence-corrected chi connectivity index (χ2v) is 0.984. The van der Waals surface area contributed by atoms with Crippen LogP contribution in [0.4, 0.5) is 0 Å². The maximum Gasteiger partial charge on any atom is 0.0313 e. The summed E-state index contributed by atoms with van der Waals surface area (Å²) >= 11 is 0. The molecular formula is C5H9NiO-. The van der Waals surface area contributed by atoms with E-state index in [-0.39, 0.29) is 23.1 Å². The molecule has 0 aliphatic heterocycles. The van der Waals surface area contributed by atoms with E-state index in [1.165, 1.54) is 0 Å². The summed E-state index contributed by atoms with van der Waals surface area (Å²) in [5.74, 6) is 0. The number of unbranched alkanes of at least 4 members (excludes halogenated alkanes) is 1. The fraction of sp³-hybridized carbons (Fsp3) is 0.400. The Morgan fingerprint density at radius 2 is 2.29 bits per heavy atom. The van der Waals surface area contributed by atoms with Crippen molar-refractivity contribution in [2.75, 3.05) is 6.61 Å². The summed E-state index contributed by atoms with van der Waals surface area (Å²) in [6.07, 6.45) is 4.22. The van der Waals surface area contributed by atoms with Crippen LogP contribution in [0.15, 0.2) is 12.7 Å². The zero-order valence-electron chi connectivity index (χ0n) is 4.04. The minimum atomic E-state index is 0. The van der Waals surface area contributed by atoms with Crippen molar-refractivity contribution >= 4 is 0 Å². The van der Waals surface area contributed by atoms with Gasteiger partial charge >= 0.3 is 0 Å². The van der Waals surface area contributed by atoms with Crippen LogP contribution < -0.4 is 0 Å². The van der Waals surface area contributed by atoms with Crippen molar-refractivity contribution in [1.29, 1.82) is 0 Å². The van der Waals surface area contributed by atoms with Crippen molar-refractivity contribution in [3.63, 3.8) is 0 Å². The van der Waals surface area contributed by atoms with E-state index < -0.39 is 0 Å². The van der Waals surface area contributed by atoms with Crippen molar-refractivity contribution < 1.29 is 21.6 Å². The van der Waals surface area contributed by atoms with Crippen LogP contribution in [0.3, 0.4) is 0 Å². The van der Waals surface area contributed by atoms with E-state index in [1.807, 2.05) is 6.42 Å². The maximum absolute atomic E-state index is 8.12. The van der Waals surface area contributed by atoms with Crippen molar-refractivity contribution in [3.8, 4) is 0 Å². The van der Waals surface area contributed by atoms with Crippen molar-refractivity contribution in [2.45, 2.75) is 6.42 Å². The molecule has 0 heterocycles. The van der Waals surface area contributed by atoms with E-state index in [0.29, 0.717) is 0 Å². The third-order valence-electron chi connectivity index (χ3n) is 0.462. The SMILES string of the molecule is C=C[CH-]CCO.[Ni]. The van der Waals surface area contributed by atoms with Gasteiger partial charge in [-0.25, -0.2) is 19.1 Å². The van der Waals surface area contributed by atoms with E-state index in [1.54, 1.807) is 6.08 Å². The molecule has 1 nitrogen and oxygen atoms in total. The molecule has 7 heavy (non-hydrogen) atoms. The third-order valence-corrected chi connectivity index (χ3v) is 0.462. The Bertz CT molecular complexity index is 37.1. The first-order valence-electron chi connectivity index (χ1n) is 1.97. The first-order chi connectivity index (χ1) is 2.91. The summed E-state index contributed by atoms with van der Waals surface area (Å²) in [7, 11) is 0. The van der Waals surface area contributed by atoms with E-state index >= 15 is 0 Å². The van der Waals surface area contributed by atoms with Gasteiger partial charge in [-0.05, 0) is 0 Å². The van der Waals surface area contributed by atoms with Crippen LogP contribution in [0.1, 0.15) is 6.42 Å². The van der Waals surface area contributed by atoms with Crippen LogP contribution in [-0.4, -0.2) is 11.7 Å². The van der Waals surface area contributed by atoms with Crippen molar-refractivity contribution in [1.82, 2.24) is 0 Å². The van der Waals surface area contributed by atoms with Gasteiger partial charge in [0.05, 0.1) is 0 Å². The molecule has 1 N–H and O–H groups in total. The molecular weight excluding hydrogens is 135 g/mol. The minimum absolute atomic E-state index is 0. The first kappa shape index (κ1) is 10.1. The molecule has 46 valence electrons. The largest absolute Gasteiger partial charge is 0.398 e. The summed E-state index contributed by atoms with van der Waals surface area (Å²) < 4.78 is 0. The first-order valence-corrected chi connectivity index (χ1v) is 1.97. The van der Waals surface area contributed by atoms with Gasteiger partial charge in [-0.1, -0.05) is 6.42 Å². The second-order valence-electron chi connectivity index (χ2n) is 0.984. The molecule has 0 spiro atoms. The van der Waals surface area contributed by atoms with Gasteiger partial charge in [0, 0.05) is 23.1 Å². The van der Waals surface area contributed by atoms with Gasteiger partial charge in [0.25, 0.3) is 0 Å². The molecule has 0 aliphatic carbocycles. The summed E-state index contributed by atoms with van der Waals surface area (Å²) in [4.78, 5) is 0. The number of hydrogen-bond acceptors (Lipinski definition) is 1. The predicted molar refractivity (Wildman–Crippen MR) is 26.2 cm³/mol. The maximum atomic E-state index is 8.12. The van der Waals surface area contributed by atoms with Crippen LogP contribution in [0, 0.1) is 6.42 Å². The average Bonchev–Trinajstić information content (AvgIpc) is 1.61. The van der Waals surface area contributed by atoms with Gasteiger partial charge in [0.15, 0.2) is 0 Å². The van der Waals surface area contributed by atoms with Gasteiger partial charge in [0.1, 0.15) is 0 Å². The fourth-order valence-electron chi connectivity index (χ4n) is 0.192. The number of hydrogen-bond donors (Lipinski definition) is 1. The fourth-order valence-corrected chi connectivity index (χ4v) is 0.192. The molecule has 0 radical (unpaired) electrons. The molecule has 0 bridgehead atoms. The summed E-state index contributed by atoms with van der Waals surface area (Å²) in [6.45, 7) is 3.66. The van der Waals surface area contributed by atoms with Crippen LogP contribution in [0.25, 0.3) is 0 Å². The zero-order valence-corrected chi connectivity index (χ0v) is 5.03. The molecule has 0 unspecified atom stereocenters. The quantitative estimate of drug-likeness (QED) is 0.352. The molecule has 0 amide bonds. The number of aliphatic hydroxyl groups excluding tert-OH is 1. The van der Waals surface area contributed by atoms with E-state index in [4.69, 9.17) is 5.11 Å². The standard InChI is InChI=1S/C5H9O.Ni/c1-2-3-4-5-6;/h2-3,6H,1,4-5H2;/q-1;. The molecule has 0 aromatic rings. The molecule has 0 aromatic carbocycles. The summed E-state index contributed by atoms with van der Waals surface area (Å²) in [5.41, 5.74) is 0. The number of allylic oxidation sites excluding steroid dienone is 1. The Labute approximate surface area is 54.4 Å². The monoisotopic (exact) mass is 143 g/mol. The predicted octanol–water partition coefficient (Wildman–Crippen LogP) is 0.757. The average molecular weight is 144 g/mol. The number of aliphatic hydroxyl groups is 1. The Hall–Kier alpha value is 0.0635. The van der Waals surface area contributed by atoms with Gasteiger partial charge in [0.2, 0.25) is 0 Å². The molecule has 2 heteroatoms. The summed E-state index contributed by atoms with van der Waals surface area (Å²) in [5, 5.41) is 8.12. The van der Waals surface area contributed by atoms with E-state index in [9.17, 15) is 0 Å². The van der Waals surface area contributed by atoms with Crippen molar-refractivity contribution in [3.05, 3.63) is 19.1 Å². The Morgan fingerprint density at radius 3 is 2.43 bits per heavy atom. The molecule has 0 aliphatic rings. The third kappa shape index (κ3) is 10.7. The zero-order chi connectivity index (χ0) is 4.83. The Balaban J connectivity index is 0. The van der Waals surface area contributed by atoms with Crippen LogP contribution in [0.5, 0.6) is 0 Å². The summed E-state index contributed by atoms with van der Waals surface area (Å²) in [6, 6.07) is 0.